The molecule has 1 aliphatic heterocycles. The molecule has 0 bridgehead atoms. The molecular formula is C18H21IN6O2. The van der Waals surface area contributed by atoms with E-state index in [0.717, 1.165) is 47.7 Å². The molecule has 0 unspecified atom stereocenters. The predicted molar refractivity (Wildman–Crippen MR) is 114 cm³/mol. The molecule has 142 valence electrons. The summed E-state index contributed by atoms with van der Waals surface area (Å²) >= 11 is 2.30. The summed E-state index contributed by atoms with van der Waals surface area (Å²) < 4.78 is 4.47. The van der Waals surface area contributed by atoms with Gasteiger partial charge in [0.25, 0.3) is 5.56 Å². The Morgan fingerprint density at radius 1 is 1.19 bits per heavy atom. The molecule has 1 aromatic carbocycles. The summed E-state index contributed by atoms with van der Waals surface area (Å²) in [7, 11) is 1.64. The van der Waals surface area contributed by atoms with Crippen LogP contribution in [-0.4, -0.2) is 45.3 Å². The maximum absolute atomic E-state index is 12.6. The van der Waals surface area contributed by atoms with Crippen LogP contribution in [0.4, 0.5) is 5.95 Å². The Morgan fingerprint density at radius 3 is 2.81 bits per heavy atom. The number of hydrogen-bond acceptors (Lipinski definition) is 5. The zero-order chi connectivity index (χ0) is 19.0. The number of fused-ring (bicyclic) bond motifs is 1. The van der Waals surface area contributed by atoms with Gasteiger partial charge in [-0.05, 0) is 47.2 Å². The van der Waals surface area contributed by atoms with E-state index >= 15 is 0 Å². The number of nitrogens with one attached hydrogen (secondary N) is 2. The Bertz CT molecular complexity index is 1090. The minimum atomic E-state index is -0.449. The summed E-state index contributed by atoms with van der Waals surface area (Å²) in [5.41, 5.74) is 1.12. The number of benzene rings is 1. The summed E-state index contributed by atoms with van der Waals surface area (Å²) in [5, 5.41) is 3.39. The fourth-order valence-electron chi connectivity index (χ4n) is 3.46. The van der Waals surface area contributed by atoms with Crippen molar-refractivity contribution in [1.29, 1.82) is 0 Å². The van der Waals surface area contributed by atoms with E-state index in [-0.39, 0.29) is 0 Å². The van der Waals surface area contributed by atoms with Gasteiger partial charge in [-0.2, -0.15) is 4.98 Å². The van der Waals surface area contributed by atoms with Gasteiger partial charge in [0.1, 0.15) is 0 Å². The molecular weight excluding hydrogens is 459 g/mol. The third kappa shape index (κ3) is 3.41. The van der Waals surface area contributed by atoms with E-state index in [4.69, 9.17) is 4.98 Å². The Labute approximate surface area is 169 Å². The lowest BCUT2D eigenvalue weighted by Gasteiger charge is -2.22. The first-order valence-corrected chi connectivity index (χ1v) is 10.0. The molecule has 9 heteroatoms. The van der Waals surface area contributed by atoms with Crippen molar-refractivity contribution >= 4 is 39.7 Å². The minimum absolute atomic E-state index is 0.397. The second-order valence-corrected chi connectivity index (χ2v) is 7.83. The summed E-state index contributed by atoms with van der Waals surface area (Å²) in [6.45, 7) is 4.01. The molecule has 0 radical (unpaired) electrons. The lowest BCUT2D eigenvalue weighted by molar-refractivity contribution is 0.721. The zero-order valence-corrected chi connectivity index (χ0v) is 17.2. The third-order valence-electron chi connectivity index (χ3n) is 4.90. The molecule has 0 amide bonds. The lowest BCUT2D eigenvalue weighted by Crippen LogP contribution is -2.31. The fraction of sp³-hybridized carbons (Fsp3) is 0.389. The molecule has 3 aromatic rings. The van der Waals surface area contributed by atoms with E-state index in [2.05, 4.69) is 43.9 Å². The highest BCUT2D eigenvalue weighted by Gasteiger charge is 2.22. The lowest BCUT2D eigenvalue weighted by atomic mass is 10.2. The largest absolute Gasteiger partial charge is 0.341 e. The quantitative estimate of drug-likeness (QED) is 0.544. The van der Waals surface area contributed by atoms with Gasteiger partial charge in [-0.15, -0.1) is 0 Å². The standard InChI is InChI=1S/C18H21IN6O2/c1-23-15-14(16(26)22-18(23)27)25(11-12-5-2-3-6-13(12)19)17(21-15)24-9-4-7-20-8-10-24/h2-3,5-6,20H,4,7-11H2,1H3,(H,22,26,27). The van der Waals surface area contributed by atoms with E-state index in [9.17, 15) is 9.59 Å². The second kappa shape index (κ2) is 7.47. The number of H-pyrrole nitrogens is 1. The van der Waals surface area contributed by atoms with Gasteiger partial charge in [0.15, 0.2) is 11.2 Å². The van der Waals surface area contributed by atoms with Crippen molar-refractivity contribution in [1.82, 2.24) is 24.4 Å². The number of anilines is 1. The first kappa shape index (κ1) is 18.2. The van der Waals surface area contributed by atoms with Crippen LogP contribution in [0, 0.1) is 3.57 Å². The molecule has 0 atom stereocenters. The summed E-state index contributed by atoms with van der Waals surface area (Å²) in [4.78, 5) is 34.0. The maximum Gasteiger partial charge on any atom is 0.329 e. The zero-order valence-electron chi connectivity index (χ0n) is 15.0. The highest BCUT2D eigenvalue weighted by Crippen LogP contribution is 2.23. The summed E-state index contributed by atoms with van der Waals surface area (Å²) in [6.07, 6.45) is 1.00. The van der Waals surface area contributed by atoms with Crippen molar-refractivity contribution < 1.29 is 0 Å². The van der Waals surface area contributed by atoms with Crippen molar-refractivity contribution in [3.05, 3.63) is 54.2 Å². The fourth-order valence-corrected chi connectivity index (χ4v) is 4.01. The normalized spacial score (nSPS) is 15.3. The first-order valence-electron chi connectivity index (χ1n) is 8.95. The molecule has 1 saturated heterocycles. The van der Waals surface area contributed by atoms with Crippen molar-refractivity contribution in [2.75, 3.05) is 31.1 Å². The third-order valence-corrected chi connectivity index (χ3v) is 5.95. The molecule has 0 aliphatic carbocycles. The Hall–Kier alpha value is -2.14. The van der Waals surface area contributed by atoms with E-state index in [0.29, 0.717) is 17.7 Å². The Kier molecular flexibility index (Phi) is 5.04. The van der Waals surface area contributed by atoms with Gasteiger partial charge in [-0.25, -0.2) is 4.79 Å². The number of rotatable bonds is 3. The van der Waals surface area contributed by atoms with E-state index < -0.39 is 11.2 Å². The van der Waals surface area contributed by atoms with E-state index in [1.54, 1.807) is 7.05 Å². The molecule has 2 aromatic heterocycles. The minimum Gasteiger partial charge on any atom is -0.341 e. The number of imidazole rings is 1. The maximum atomic E-state index is 12.6. The molecule has 1 aliphatic rings. The Morgan fingerprint density at radius 2 is 2.00 bits per heavy atom. The van der Waals surface area contributed by atoms with Gasteiger partial charge in [0.05, 0.1) is 6.54 Å². The smallest absolute Gasteiger partial charge is 0.329 e. The van der Waals surface area contributed by atoms with Crippen LogP contribution in [0.1, 0.15) is 12.0 Å². The van der Waals surface area contributed by atoms with Crippen molar-refractivity contribution in [2.24, 2.45) is 7.05 Å². The second-order valence-electron chi connectivity index (χ2n) is 6.67. The molecule has 4 rings (SSSR count). The summed E-state index contributed by atoms with van der Waals surface area (Å²) in [6, 6.07) is 8.09. The van der Waals surface area contributed by atoms with E-state index in [1.165, 1.54) is 4.57 Å². The van der Waals surface area contributed by atoms with Crippen LogP contribution in [0.5, 0.6) is 0 Å². The molecule has 27 heavy (non-hydrogen) atoms. The number of halogens is 1. The van der Waals surface area contributed by atoms with Crippen LogP contribution < -0.4 is 21.5 Å². The van der Waals surface area contributed by atoms with Gasteiger partial charge in [0.2, 0.25) is 5.95 Å². The van der Waals surface area contributed by atoms with Gasteiger partial charge >= 0.3 is 5.69 Å². The highest BCUT2D eigenvalue weighted by atomic mass is 127. The number of nitrogens with zero attached hydrogens (tertiary/aromatic N) is 4. The summed E-state index contributed by atoms with van der Waals surface area (Å²) in [5.74, 6) is 0.736. The molecule has 3 heterocycles. The highest BCUT2D eigenvalue weighted by molar-refractivity contribution is 14.1. The monoisotopic (exact) mass is 480 g/mol. The molecule has 1 fully saturated rings. The van der Waals surface area contributed by atoms with Gasteiger partial charge in [-0.1, -0.05) is 18.2 Å². The number of hydrogen-bond donors (Lipinski definition) is 2. The van der Waals surface area contributed by atoms with Crippen LogP contribution >= 0.6 is 22.6 Å². The Balaban J connectivity index is 1.94. The molecule has 8 nitrogen and oxygen atoms in total. The van der Waals surface area contributed by atoms with Crippen LogP contribution in [0.3, 0.4) is 0 Å². The average molecular weight is 480 g/mol. The van der Waals surface area contributed by atoms with Crippen LogP contribution in [-0.2, 0) is 13.6 Å². The van der Waals surface area contributed by atoms with Crippen LogP contribution in [0.15, 0.2) is 33.9 Å². The topological polar surface area (TPSA) is 87.9 Å². The van der Waals surface area contributed by atoms with Gasteiger partial charge in [0, 0.05) is 30.3 Å². The van der Waals surface area contributed by atoms with Gasteiger partial charge in [-0.3, -0.25) is 18.9 Å². The number of aromatic amines is 1. The molecule has 0 spiro atoms. The predicted octanol–water partition coefficient (Wildman–Crippen LogP) is 0.876. The average Bonchev–Trinajstić information content (AvgIpc) is 2.83. The van der Waals surface area contributed by atoms with Gasteiger partial charge < -0.3 is 10.2 Å². The number of aromatic nitrogens is 4. The van der Waals surface area contributed by atoms with Crippen molar-refractivity contribution in [3.63, 3.8) is 0 Å². The van der Waals surface area contributed by atoms with Crippen LogP contribution in [0.25, 0.3) is 11.2 Å². The van der Waals surface area contributed by atoms with Crippen molar-refractivity contribution in [2.45, 2.75) is 13.0 Å². The van der Waals surface area contributed by atoms with E-state index in [1.807, 2.05) is 22.8 Å². The SMILES string of the molecule is Cn1c(=O)[nH]c(=O)c2c1nc(N1CCCNCC1)n2Cc1ccccc1I. The molecule has 2 N–H and O–H groups in total. The first-order chi connectivity index (χ1) is 13.1. The van der Waals surface area contributed by atoms with Crippen molar-refractivity contribution in [3.8, 4) is 0 Å². The molecule has 0 saturated carbocycles. The van der Waals surface area contributed by atoms with Crippen LogP contribution in [0.2, 0.25) is 0 Å². The number of aryl methyl sites for hydroxylation is 1.